The van der Waals surface area contributed by atoms with Gasteiger partial charge in [-0.1, -0.05) is 54.6 Å². The van der Waals surface area contributed by atoms with Gasteiger partial charge in [-0.3, -0.25) is 4.72 Å². The van der Waals surface area contributed by atoms with E-state index in [1.807, 2.05) is 36.4 Å². The van der Waals surface area contributed by atoms with Crippen LogP contribution in [0.2, 0.25) is 0 Å². The lowest BCUT2D eigenvalue weighted by Gasteiger charge is -2.15. The van der Waals surface area contributed by atoms with E-state index < -0.39 is 16.0 Å². The van der Waals surface area contributed by atoms with E-state index in [0.717, 1.165) is 10.8 Å². The summed E-state index contributed by atoms with van der Waals surface area (Å²) in [6.07, 6.45) is 0. The van der Waals surface area contributed by atoms with Crippen molar-refractivity contribution >= 4 is 43.5 Å². The van der Waals surface area contributed by atoms with E-state index >= 15 is 0 Å². The number of aromatic nitrogens is 2. The Bertz CT molecular complexity index is 1770. The normalized spacial score (nSPS) is 11.4. The van der Waals surface area contributed by atoms with Crippen LogP contribution in [0.1, 0.15) is 27.3 Å². The Morgan fingerprint density at radius 2 is 1.72 bits per heavy atom. The summed E-state index contributed by atoms with van der Waals surface area (Å²) in [5.74, 6) is -1.31. The van der Waals surface area contributed by atoms with E-state index in [2.05, 4.69) is 9.71 Å². The van der Waals surface area contributed by atoms with Crippen LogP contribution in [0, 0.1) is 11.3 Å². The Kier molecular flexibility index (Phi) is 5.88. The van der Waals surface area contributed by atoms with Gasteiger partial charge >= 0.3 is 5.97 Å². The molecule has 36 heavy (non-hydrogen) atoms. The molecule has 0 spiro atoms. The minimum absolute atomic E-state index is 0.0201. The van der Waals surface area contributed by atoms with E-state index in [0.29, 0.717) is 27.8 Å². The first kappa shape index (κ1) is 23.1. The molecule has 0 saturated heterocycles. The fourth-order valence-corrected chi connectivity index (χ4v) is 5.47. The largest absolute Gasteiger partial charge is 0.477 e. The third-order valence-electron chi connectivity index (χ3n) is 5.83. The number of rotatable bonds is 7. The summed E-state index contributed by atoms with van der Waals surface area (Å²) in [5.41, 5.74) is 2.30. The van der Waals surface area contributed by atoms with Gasteiger partial charge in [-0.25, -0.2) is 18.2 Å². The van der Waals surface area contributed by atoms with Crippen molar-refractivity contribution in [2.24, 2.45) is 0 Å². The standard InChI is InChI=1S/C27H20N4O4S/c28-15-22-11-10-20-14-25(27(32)33)31(26(20)29-22)16-21-13-23(12-19-8-4-5-9-24(19)21)30-36(34,35)17-18-6-2-1-3-7-18/h1-14,30H,16-17H2,(H,32,33). The average molecular weight is 497 g/mol. The first-order chi connectivity index (χ1) is 17.3. The number of hydrogen-bond acceptors (Lipinski definition) is 5. The summed E-state index contributed by atoms with van der Waals surface area (Å²) in [4.78, 5) is 16.4. The lowest BCUT2D eigenvalue weighted by Crippen LogP contribution is -2.15. The van der Waals surface area contributed by atoms with Crippen LogP contribution in [0.15, 0.2) is 84.9 Å². The number of nitriles is 1. The van der Waals surface area contributed by atoms with Gasteiger partial charge < -0.3 is 9.67 Å². The molecule has 2 N–H and O–H groups in total. The van der Waals surface area contributed by atoms with Gasteiger partial charge in [0.15, 0.2) is 0 Å². The third-order valence-corrected chi connectivity index (χ3v) is 7.09. The van der Waals surface area contributed by atoms with Crippen LogP contribution >= 0.6 is 0 Å². The van der Waals surface area contributed by atoms with E-state index in [-0.39, 0.29) is 23.7 Å². The van der Waals surface area contributed by atoms with Gasteiger partial charge in [0.2, 0.25) is 10.0 Å². The lowest BCUT2D eigenvalue weighted by molar-refractivity contribution is 0.0686. The number of hydrogen-bond donors (Lipinski definition) is 2. The second-order valence-corrected chi connectivity index (χ2v) is 10.1. The summed E-state index contributed by atoms with van der Waals surface area (Å²) in [5, 5.41) is 21.3. The number of anilines is 1. The number of sulfonamides is 1. The van der Waals surface area contributed by atoms with Crippen molar-refractivity contribution in [1.82, 2.24) is 9.55 Å². The first-order valence-corrected chi connectivity index (χ1v) is 12.7. The Labute approximate surface area is 207 Å². The molecule has 0 aliphatic rings. The number of aromatic carboxylic acids is 1. The zero-order valence-electron chi connectivity index (χ0n) is 18.9. The quantitative estimate of drug-likeness (QED) is 0.335. The van der Waals surface area contributed by atoms with Gasteiger partial charge in [0.25, 0.3) is 0 Å². The van der Waals surface area contributed by atoms with Crippen molar-refractivity contribution in [2.45, 2.75) is 12.3 Å². The van der Waals surface area contributed by atoms with E-state index in [1.54, 1.807) is 42.5 Å². The van der Waals surface area contributed by atoms with Crippen LogP contribution in [0.5, 0.6) is 0 Å². The molecule has 3 aromatic carbocycles. The van der Waals surface area contributed by atoms with Crippen molar-refractivity contribution in [2.75, 3.05) is 4.72 Å². The lowest BCUT2D eigenvalue weighted by atomic mass is 10.0. The van der Waals surface area contributed by atoms with Crippen molar-refractivity contribution in [3.63, 3.8) is 0 Å². The van der Waals surface area contributed by atoms with Gasteiger partial charge in [-0.2, -0.15) is 5.26 Å². The van der Waals surface area contributed by atoms with Crippen molar-refractivity contribution in [1.29, 1.82) is 5.26 Å². The maximum absolute atomic E-state index is 12.9. The molecule has 0 aliphatic heterocycles. The number of nitrogens with one attached hydrogen (secondary N) is 1. The third kappa shape index (κ3) is 4.62. The summed E-state index contributed by atoms with van der Waals surface area (Å²) in [6, 6.07) is 26.5. The molecule has 0 amide bonds. The molecule has 0 bridgehead atoms. The number of carboxylic acids is 1. The first-order valence-electron chi connectivity index (χ1n) is 11.0. The molecule has 5 rings (SSSR count). The molecule has 2 aromatic heterocycles. The maximum atomic E-state index is 12.9. The summed E-state index contributed by atoms with van der Waals surface area (Å²) in [7, 11) is -3.70. The number of carbonyl (C=O) groups is 1. The number of fused-ring (bicyclic) bond motifs is 2. The molecule has 0 aliphatic carbocycles. The van der Waals surface area contributed by atoms with Crippen LogP contribution in [0.3, 0.4) is 0 Å². The highest BCUT2D eigenvalue weighted by atomic mass is 32.2. The smallest absolute Gasteiger partial charge is 0.352 e. The SMILES string of the molecule is N#Cc1ccc2cc(C(=O)O)n(Cc3cc(NS(=O)(=O)Cc4ccccc4)cc4ccccc34)c2n1. The van der Waals surface area contributed by atoms with E-state index in [9.17, 15) is 23.6 Å². The Morgan fingerprint density at radius 1 is 0.972 bits per heavy atom. The fraction of sp³-hybridized carbons (Fsp3) is 0.0741. The molecule has 8 nitrogen and oxygen atoms in total. The predicted molar refractivity (Wildman–Crippen MR) is 137 cm³/mol. The number of nitrogens with zero attached hydrogens (tertiary/aromatic N) is 3. The molecule has 5 aromatic rings. The van der Waals surface area contributed by atoms with Gasteiger partial charge in [0.05, 0.1) is 12.3 Å². The second-order valence-electron chi connectivity index (χ2n) is 8.35. The molecule has 0 fully saturated rings. The average Bonchev–Trinajstić information content (AvgIpc) is 3.22. The summed E-state index contributed by atoms with van der Waals surface area (Å²) >= 11 is 0. The highest BCUT2D eigenvalue weighted by Crippen LogP contribution is 2.28. The van der Waals surface area contributed by atoms with Crippen molar-refractivity contribution < 1.29 is 18.3 Å². The topological polar surface area (TPSA) is 125 Å². The second kappa shape index (κ2) is 9.17. The zero-order valence-corrected chi connectivity index (χ0v) is 19.7. The van der Waals surface area contributed by atoms with Crippen LogP contribution in [-0.4, -0.2) is 29.0 Å². The molecular weight excluding hydrogens is 476 g/mol. The molecule has 0 unspecified atom stereocenters. The number of carboxylic acid groups (broad SMARTS) is 1. The minimum atomic E-state index is -3.70. The zero-order chi connectivity index (χ0) is 25.3. The van der Waals surface area contributed by atoms with Gasteiger partial charge in [-0.05, 0) is 52.2 Å². The number of pyridine rings is 1. The number of benzene rings is 3. The van der Waals surface area contributed by atoms with Crippen LogP contribution in [0.25, 0.3) is 21.8 Å². The highest BCUT2D eigenvalue weighted by molar-refractivity contribution is 7.91. The summed E-state index contributed by atoms with van der Waals surface area (Å²) in [6.45, 7) is 0.113. The maximum Gasteiger partial charge on any atom is 0.352 e. The predicted octanol–water partition coefficient (Wildman–Crippen LogP) is 4.75. The molecule has 178 valence electrons. The summed E-state index contributed by atoms with van der Waals surface area (Å²) < 4.78 is 30.0. The van der Waals surface area contributed by atoms with Crippen LogP contribution in [0.4, 0.5) is 5.69 Å². The van der Waals surface area contributed by atoms with Gasteiger partial charge in [0, 0.05) is 11.1 Å². The van der Waals surface area contributed by atoms with E-state index in [4.69, 9.17) is 0 Å². The van der Waals surface area contributed by atoms with Crippen LogP contribution in [-0.2, 0) is 22.3 Å². The molecule has 0 radical (unpaired) electrons. The molecular formula is C27H20N4O4S. The van der Waals surface area contributed by atoms with Gasteiger partial charge in [0.1, 0.15) is 23.1 Å². The molecule has 9 heteroatoms. The van der Waals surface area contributed by atoms with Crippen molar-refractivity contribution in [3.8, 4) is 6.07 Å². The molecule has 2 heterocycles. The fourth-order valence-electron chi connectivity index (χ4n) is 4.29. The highest BCUT2D eigenvalue weighted by Gasteiger charge is 2.19. The van der Waals surface area contributed by atoms with E-state index in [1.165, 1.54) is 16.7 Å². The Morgan fingerprint density at radius 3 is 2.47 bits per heavy atom. The molecule has 0 saturated carbocycles. The minimum Gasteiger partial charge on any atom is -0.477 e. The Hall–Kier alpha value is -4.68. The Balaban J connectivity index is 1.59. The monoisotopic (exact) mass is 496 g/mol. The van der Waals surface area contributed by atoms with Gasteiger partial charge in [-0.15, -0.1) is 0 Å². The van der Waals surface area contributed by atoms with Crippen LogP contribution < -0.4 is 4.72 Å². The van der Waals surface area contributed by atoms with Crippen molar-refractivity contribution in [3.05, 3.63) is 107 Å². The molecule has 0 atom stereocenters.